The van der Waals surface area contributed by atoms with Crippen molar-refractivity contribution >= 4 is 28.7 Å². The number of amides is 1. The fourth-order valence-electron chi connectivity index (χ4n) is 1.34. The van der Waals surface area contributed by atoms with Gasteiger partial charge in [-0.15, -0.1) is 0 Å². The minimum Gasteiger partial charge on any atom is -0.347 e. The molecule has 1 aromatic heterocycles. The second kappa shape index (κ2) is 3.83. The van der Waals surface area contributed by atoms with Gasteiger partial charge in [0, 0.05) is 11.1 Å². The van der Waals surface area contributed by atoms with Gasteiger partial charge in [0.2, 0.25) is 0 Å². The fraction of sp³-hybridized carbons (Fsp3) is 0.364. The number of fused-ring (bicyclic) bond motifs is 1. The van der Waals surface area contributed by atoms with Crippen LogP contribution in [0.2, 0.25) is 0 Å². The van der Waals surface area contributed by atoms with E-state index in [1.165, 1.54) is 0 Å². The SMILES string of the molecule is CC(C)(C)NC(=O)c1ccc2nsnc2c1. The number of hydrogen-bond acceptors (Lipinski definition) is 4. The van der Waals surface area contributed by atoms with E-state index in [0.717, 1.165) is 22.8 Å². The Morgan fingerprint density at radius 1 is 1.25 bits per heavy atom. The van der Waals surface area contributed by atoms with Crippen LogP contribution in [0.25, 0.3) is 11.0 Å². The highest BCUT2D eigenvalue weighted by Crippen LogP contribution is 2.14. The van der Waals surface area contributed by atoms with Crippen molar-refractivity contribution in [3.8, 4) is 0 Å². The fourth-order valence-corrected chi connectivity index (χ4v) is 1.85. The number of benzene rings is 1. The summed E-state index contributed by atoms with van der Waals surface area (Å²) < 4.78 is 8.20. The molecule has 5 heteroatoms. The topological polar surface area (TPSA) is 54.9 Å². The summed E-state index contributed by atoms with van der Waals surface area (Å²) in [6.07, 6.45) is 0. The van der Waals surface area contributed by atoms with Crippen LogP contribution in [0.1, 0.15) is 31.1 Å². The monoisotopic (exact) mass is 235 g/mol. The van der Waals surface area contributed by atoms with Crippen LogP contribution in [0, 0.1) is 0 Å². The van der Waals surface area contributed by atoms with Crippen LogP contribution in [-0.2, 0) is 0 Å². The first-order valence-corrected chi connectivity index (χ1v) is 5.73. The molecule has 0 spiro atoms. The molecule has 1 heterocycles. The van der Waals surface area contributed by atoms with Gasteiger partial charge in [-0.25, -0.2) is 0 Å². The molecule has 0 aliphatic heterocycles. The van der Waals surface area contributed by atoms with E-state index in [1.54, 1.807) is 12.1 Å². The number of nitrogens with one attached hydrogen (secondary N) is 1. The minimum absolute atomic E-state index is 0.0811. The van der Waals surface area contributed by atoms with Crippen LogP contribution in [0.3, 0.4) is 0 Å². The zero-order valence-corrected chi connectivity index (χ0v) is 10.3. The van der Waals surface area contributed by atoms with Crippen LogP contribution < -0.4 is 5.32 Å². The molecule has 16 heavy (non-hydrogen) atoms. The summed E-state index contributed by atoms with van der Waals surface area (Å²) in [6, 6.07) is 5.35. The van der Waals surface area contributed by atoms with Gasteiger partial charge < -0.3 is 5.32 Å². The highest BCUT2D eigenvalue weighted by atomic mass is 32.1. The molecule has 0 unspecified atom stereocenters. The molecule has 0 aliphatic rings. The molecule has 0 saturated carbocycles. The zero-order chi connectivity index (χ0) is 11.8. The predicted octanol–water partition coefficient (Wildman–Crippen LogP) is 2.22. The van der Waals surface area contributed by atoms with Crippen LogP contribution in [0.15, 0.2) is 18.2 Å². The lowest BCUT2D eigenvalue weighted by molar-refractivity contribution is 0.0919. The van der Waals surface area contributed by atoms with E-state index in [-0.39, 0.29) is 11.4 Å². The first kappa shape index (κ1) is 11.0. The molecule has 0 radical (unpaired) electrons. The van der Waals surface area contributed by atoms with E-state index in [4.69, 9.17) is 0 Å². The molecule has 0 fully saturated rings. The van der Waals surface area contributed by atoms with Crippen LogP contribution in [0.4, 0.5) is 0 Å². The molecule has 1 aromatic carbocycles. The molecular weight excluding hydrogens is 222 g/mol. The number of carbonyl (C=O) groups excluding carboxylic acids is 1. The summed E-state index contributed by atoms with van der Waals surface area (Å²) in [7, 11) is 0. The van der Waals surface area contributed by atoms with Crippen molar-refractivity contribution in [3.05, 3.63) is 23.8 Å². The van der Waals surface area contributed by atoms with Gasteiger partial charge >= 0.3 is 0 Å². The van der Waals surface area contributed by atoms with Crippen LogP contribution in [0.5, 0.6) is 0 Å². The zero-order valence-electron chi connectivity index (χ0n) is 9.44. The molecule has 0 atom stereocenters. The summed E-state index contributed by atoms with van der Waals surface area (Å²) in [5, 5.41) is 2.91. The third kappa shape index (κ3) is 2.36. The van der Waals surface area contributed by atoms with Crippen LogP contribution in [-0.4, -0.2) is 20.2 Å². The van der Waals surface area contributed by atoms with Crippen molar-refractivity contribution in [1.29, 1.82) is 0 Å². The van der Waals surface area contributed by atoms with Crippen molar-refractivity contribution in [2.75, 3.05) is 0 Å². The Morgan fingerprint density at radius 2 is 1.94 bits per heavy atom. The van der Waals surface area contributed by atoms with Crippen molar-refractivity contribution in [2.24, 2.45) is 0 Å². The number of hydrogen-bond donors (Lipinski definition) is 1. The Balaban J connectivity index is 2.29. The second-order valence-electron chi connectivity index (χ2n) is 4.67. The van der Waals surface area contributed by atoms with Crippen molar-refractivity contribution < 1.29 is 4.79 Å². The third-order valence-electron chi connectivity index (χ3n) is 2.00. The lowest BCUT2D eigenvalue weighted by Gasteiger charge is -2.20. The average molecular weight is 235 g/mol. The second-order valence-corrected chi connectivity index (χ2v) is 5.20. The molecule has 2 rings (SSSR count). The average Bonchev–Trinajstić information content (AvgIpc) is 2.61. The van der Waals surface area contributed by atoms with E-state index < -0.39 is 0 Å². The molecule has 0 saturated heterocycles. The highest BCUT2D eigenvalue weighted by Gasteiger charge is 2.15. The molecular formula is C11H13N3OS. The minimum atomic E-state index is -0.230. The molecule has 84 valence electrons. The maximum atomic E-state index is 11.9. The Hall–Kier alpha value is -1.49. The van der Waals surface area contributed by atoms with E-state index >= 15 is 0 Å². The summed E-state index contributed by atoms with van der Waals surface area (Å²) in [6.45, 7) is 5.86. The summed E-state index contributed by atoms with van der Waals surface area (Å²) in [5.41, 5.74) is 1.99. The maximum Gasteiger partial charge on any atom is 0.251 e. The quantitative estimate of drug-likeness (QED) is 0.824. The molecule has 4 nitrogen and oxygen atoms in total. The molecule has 0 aliphatic carbocycles. The third-order valence-corrected chi connectivity index (χ3v) is 2.56. The van der Waals surface area contributed by atoms with Gasteiger partial charge in [-0.2, -0.15) is 8.75 Å². The van der Waals surface area contributed by atoms with Gasteiger partial charge in [0.05, 0.1) is 11.7 Å². The predicted molar refractivity (Wildman–Crippen MR) is 64.6 cm³/mol. The lowest BCUT2D eigenvalue weighted by Crippen LogP contribution is -2.40. The molecule has 2 aromatic rings. The van der Waals surface area contributed by atoms with E-state index in [0.29, 0.717) is 5.56 Å². The van der Waals surface area contributed by atoms with Crippen molar-refractivity contribution in [1.82, 2.24) is 14.1 Å². The Labute approximate surface area is 98.0 Å². The van der Waals surface area contributed by atoms with Gasteiger partial charge in [-0.05, 0) is 39.0 Å². The Kier molecular flexibility index (Phi) is 2.63. The van der Waals surface area contributed by atoms with Crippen molar-refractivity contribution in [3.63, 3.8) is 0 Å². The van der Waals surface area contributed by atoms with Crippen LogP contribution >= 0.6 is 11.7 Å². The molecule has 1 amide bonds. The van der Waals surface area contributed by atoms with E-state index in [2.05, 4.69) is 14.1 Å². The van der Waals surface area contributed by atoms with E-state index in [1.807, 2.05) is 26.8 Å². The maximum absolute atomic E-state index is 11.9. The number of rotatable bonds is 1. The van der Waals surface area contributed by atoms with Gasteiger partial charge in [0.25, 0.3) is 5.91 Å². The van der Waals surface area contributed by atoms with Gasteiger partial charge in [0.15, 0.2) is 0 Å². The van der Waals surface area contributed by atoms with Gasteiger partial charge in [-0.3, -0.25) is 4.79 Å². The first-order valence-electron chi connectivity index (χ1n) is 5.00. The first-order chi connectivity index (χ1) is 7.46. The number of aromatic nitrogens is 2. The van der Waals surface area contributed by atoms with Gasteiger partial charge in [0.1, 0.15) is 11.0 Å². The van der Waals surface area contributed by atoms with Gasteiger partial charge in [-0.1, -0.05) is 0 Å². The molecule has 0 bridgehead atoms. The van der Waals surface area contributed by atoms with E-state index in [9.17, 15) is 4.79 Å². The summed E-state index contributed by atoms with van der Waals surface area (Å²) in [4.78, 5) is 11.9. The number of carbonyl (C=O) groups is 1. The normalized spacial score (nSPS) is 11.7. The lowest BCUT2D eigenvalue weighted by atomic mass is 10.1. The Bertz CT molecular complexity index is 527. The smallest absolute Gasteiger partial charge is 0.251 e. The highest BCUT2D eigenvalue weighted by molar-refractivity contribution is 7.00. The van der Waals surface area contributed by atoms with Crippen molar-refractivity contribution in [2.45, 2.75) is 26.3 Å². The largest absolute Gasteiger partial charge is 0.347 e. The number of nitrogens with zero attached hydrogens (tertiary/aromatic N) is 2. The summed E-state index contributed by atoms with van der Waals surface area (Å²) >= 11 is 1.15. The standard InChI is InChI=1S/C11H13N3OS/c1-11(2,3)12-10(15)7-4-5-8-9(6-7)14-16-13-8/h4-6H,1-3H3,(H,12,15). The summed E-state index contributed by atoms with van der Waals surface area (Å²) in [5.74, 6) is -0.0811. The molecule has 1 N–H and O–H groups in total. The Morgan fingerprint density at radius 3 is 2.62 bits per heavy atom.